The zero-order valence-electron chi connectivity index (χ0n) is 10.2. The third-order valence-corrected chi connectivity index (χ3v) is 2.72. The molecule has 84 valence electrons. The lowest BCUT2D eigenvalue weighted by Crippen LogP contribution is -2.11. The summed E-state index contributed by atoms with van der Waals surface area (Å²) in [5, 5.41) is 5.59. The van der Waals surface area contributed by atoms with Crippen LogP contribution in [-0.2, 0) is 0 Å². The number of hydrogen-bond acceptors (Lipinski definition) is 3. The molecule has 0 aliphatic heterocycles. The standard InChI is InChI=1S/C13H17N3/c1-9-5-6-10-11(7-9)12(14-2)8-15-13(10)16(3)4/h5-8,14H,1-4H3. The minimum Gasteiger partial charge on any atom is -0.386 e. The monoisotopic (exact) mass is 215 g/mol. The predicted octanol–water partition coefficient (Wildman–Crippen LogP) is 2.65. The van der Waals surface area contributed by atoms with Crippen molar-refractivity contribution in [1.82, 2.24) is 4.98 Å². The lowest BCUT2D eigenvalue weighted by molar-refractivity contribution is 1.08. The maximum atomic E-state index is 4.47. The van der Waals surface area contributed by atoms with Crippen LogP contribution in [0.25, 0.3) is 10.8 Å². The number of hydrogen-bond donors (Lipinski definition) is 1. The molecule has 1 aromatic heterocycles. The van der Waals surface area contributed by atoms with E-state index in [9.17, 15) is 0 Å². The van der Waals surface area contributed by atoms with Gasteiger partial charge in [0, 0.05) is 31.9 Å². The SMILES string of the molecule is CNc1cnc(N(C)C)c2ccc(C)cc12. The number of nitrogens with one attached hydrogen (secondary N) is 1. The largest absolute Gasteiger partial charge is 0.386 e. The van der Waals surface area contributed by atoms with Crippen molar-refractivity contribution < 1.29 is 0 Å². The van der Waals surface area contributed by atoms with Crippen LogP contribution in [0.2, 0.25) is 0 Å². The Labute approximate surface area is 96.1 Å². The first kappa shape index (κ1) is 10.7. The molecule has 0 amide bonds. The molecule has 2 aromatic rings. The molecule has 0 spiro atoms. The van der Waals surface area contributed by atoms with E-state index >= 15 is 0 Å². The summed E-state index contributed by atoms with van der Waals surface area (Å²) in [7, 11) is 5.95. The highest BCUT2D eigenvalue weighted by molar-refractivity contribution is 6.00. The number of aromatic nitrogens is 1. The zero-order valence-corrected chi connectivity index (χ0v) is 10.2. The Balaban J connectivity index is 2.80. The van der Waals surface area contributed by atoms with Gasteiger partial charge in [0.1, 0.15) is 5.82 Å². The molecule has 16 heavy (non-hydrogen) atoms. The molecule has 1 heterocycles. The van der Waals surface area contributed by atoms with Crippen molar-refractivity contribution in [1.29, 1.82) is 0 Å². The summed E-state index contributed by atoms with van der Waals surface area (Å²) in [4.78, 5) is 6.51. The van der Waals surface area contributed by atoms with Crippen molar-refractivity contribution in [2.45, 2.75) is 6.92 Å². The van der Waals surface area contributed by atoms with Crippen LogP contribution in [0.4, 0.5) is 11.5 Å². The molecular weight excluding hydrogens is 198 g/mol. The van der Waals surface area contributed by atoms with E-state index in [0.29, 0.717) is 0 Å². The topological polar surface area (TPSA) is 28.2 Å². The third kappa shape index (κ3) is 1.69. The minimum absolute atomic E-state index is 1.01. The second-order valence-electron chi connectivity index (χ2n) is 4.19. The molecule has 1 aromatic carbocycles. The van der Waals surface area contributed by atoms with Gasteiger partial charge >= 0.3 is 0 Å². The van der Waals surface area contributed by atoms with Gasteiger partial charge in [-0.2, -0.15) is 0 Å². The van der Waals surface area contributed by atoms with Crippen LogP contribution in [0.5, 0.6) is 0 Å². The fraction of sp³-hybridized carbons (Fsp3) is 0.308. The predicted molar refractivity (Wildman–Crippen MR) is 70.4 cm³/mol. The summed E-state index contributed by atoms with van der Waals surface area (Å²) in [6, 6.07) is 6.44. The fourth-order valence-corrected chi connectivity index (χ4v) is 1.90. The van der Waals surface area contributed by atoms with Crippen molar-refractivity contribution in [3.63, 3.8) is 0 Å². The number of rotatable bonds is 2. The van der Waals surface area contributed by atoms with Gasteiger partial charge in [-0.1, -0.05) is 17.7 Å². The van der Waals surface area contributed by atoms with Gasteiger partial charge in [0.25, 0.3) is 0 Å². The van der Waals surface area contributed by atoms with Gasteiger partial charge in [-0.25, -0.2) is 4.98 Å². The number of aryl methyl sites for hydroxylation is 1. The van der Waals surface area contributed by atoms with E-state index in [4.69, 9.17) is 0 Å². The van der Waals surface area contributed by atoms with Crippen LogP contribution in [0.3, 0.4) is 0 Å². The van der Waals surface area contributed by atoms with Gasteiger partial charge in [-0.3, -0.25) is 0 Å². The van der Waals surface area contributed by atoms with Gasteiger partial charge in [-0.15, -0.1) is 0 Å². The average molecular weight is 215 g/mol. The number of anilines is 2. The Morgan fingerprint density at radius 2 is 1.94 bits per heavy atom. The highest BCUT2D eigenvalue weighted by Gasteiger charge is 2.07. The number of fused-ring (bicyclic) bond motifs is 1. The highest BCUT2D eigenvalue weighted by Crippen LogP contribution is 2.29. The summed E-state index contributed by atoms with van der Waals surface area (Å²) in [6.07, 6.45) is 1.89. The van der Waals surface area contributed by atoms with Crippen LogP contribution in [0.1, 0.15) is 5.56 Å². The van der Waals surface area contributed by atoms with E-state index in [-0.39, 0.29) is 0 Å². The molecule has 3 heteroatoms. The van der Waals surface area contributed by atoms with Gasteiger partial charge in [0.15, 0.2) is 0 Å². The van der Waals surface area contributed by atoms with E-state index in [0.717, 1.165) is 11.5 Å². The van der Waals surface area contributed by atoms with Gasteiger partial charge < -0.3 is 10.2 Å². The maximum absolute atomic E-state index is 4.47. The Bertz CT molecular complexity index is 518. The van der Waals surface area contributed by atoms with E-state index in [2.05, 4.69) is 35.4 Å². The quantitative estimate of drug-likeness (QED) is 0.834. The molecule has 0 radical (unpaired) electrons. The van der Waals surface area contributed by atoms with Crippen molar-refractivity contribution in [2.24, 2.45) is 0 Å². The highest BCUT2D eigenvalue weighted by atomic mass is 15.1. The van der Waals surface area contributed by atoms with Crippen molar-refractivity contribution in [3.05, 3.63) is 30.0 Å². The minimum atomic E-state index is 1.01. The Morgan fingerprint density at radius 1 is 1.19 bits per heavy atom. The van der Waals surface area contributed by atoms with E-state index in [1.807, 2.05) is 32.2 Å². The molecule has 3 nitrogen and oxygen atoms in total. The van der Waals surface area contributed by atoms with Crippen LogP contribution < -0.4 is 10.2 Å². The van der Waals surface area contributed by atoms with Crippen LogP contribution >= 0.6 is 0 Å². The molecule has 0 aliphatic carbocycles. The summed E-state index contributed by atoms with van der Waals surface area (Å²) in [5.41, 5.74) is 2.34. The zero-order chi connectivity index (χ0) is 11.7. The van der Waals surface area contributed by atoms with E-state index in [1.165, 1.54) is 16.3 Å². The van der Waals surface area contributed by atoms with Crippen molar-refractivity contribution >= 4 is 22.3 Å². The summed E-state index contributed by atoms with van der Waals surface area (Å²) >= 11 is 0. The first-order valence-corrected chi connectivity index (χ1v) is 5.38. The van der Waals surface area contributed by atoms with Crippen LogP contribution in [-0.4, -0.2) is 26.1 Å². The molecule has 2 rings (SSSR count). The van der Waals surface area contributed by atoms with E-state index < -0.39 is 0 Å². The molecule has 0 saturated carbocycles. The molecule has 0 fully saturated rings. The Kier molecular flexibility index (Phi) is 2.69. The second-order valence-corrected chi connectivity index (χ2v) is 4.19. The Morgan fingerprint density at radius 3 is 2.56 bits per heavy atom. The fourth-order valence-electron chi connectivity index (χ4n) is 1.90. The molecule has 0 unspecified atom stereocenters. The first-order valence-electron chi connectivity index (χ1n) is 5.38. The normalized spacial score (nSPS) is 10.5. The van der Waals surface area contributed by atoms with Crippen LogP contribution in [0, 0.1) is 6.92 Å². The molecule has 1 N–H and O–H groups in total. The molecule has 0 aliphatic rings. The van der Waals surface area contributed by atoms with Crippen molar-refractivity contribution in [2.75, 3.05) is 31.4 Å². The van der Waals surface area contributed by atoms with Gasteiger partial charge in [0.05, 0.1) is 11.9 Å². The van der Waals surface area contributed by atoms with Gasteiger partial charge in [-0.05, 0) is 13.0 Å². The number of nitrogens with zero attached hydrogens (tertiary/aromatic N) is 2. The smallest absolute Gasteiger partial charge is 0.136 e. The Hall–Kier alpha value is -1.77. The molecule has 0 bridgehead atoms. The summed E-state index contributed by atoms with van der Waals surface area (Å²) in [6.45, 7) is 2.11. The number of benzene rings is 1. The number of pyridine rings is 1. The second kappa shape index (κ2) is 4.00. The van der Waals surface area contributed by atoms with Crippen molar-refractivity contribution in [3.8, 4) is 0 Å². The third-order valence-electron chi connectivity index (χ3n) is 2.72. The maximum Gasteiger partial charge on any atom is 0.136 e. The van der Waals surface area contributed by atoms with Crippen LogP contribution in [0.15, 0.2) is 24.4 Å². The van der Waals surface area contributed by atoms with E-state index in [1.54, 1.807) is 0 Å². The first-order chi connectivity index (χ1) is 7.63. The summed E-state index contributed by atoms with van der Waals surface area (Å²) < 4.78 is 0. The lowest BCUT2D eigenvalue weighted by Gasteiger charge is -2.16. The average Bonchev–Trinajstić information content (AvgIpc) is 2.27. The summed E-state index contributed by atoms with van der Waals surface area (Å²) in [5.74, 6) is 1.01. The lowest BCUT2D eigenvalue weighted by atomic mass is 10.1. The molecule has 0 atom stereocenters. The van der Waals surface area contributed by atoms with Gasteiger partial charge in [0.2, 0.25) is 0 Å². The molecular formula is C13H17N3. The molecule has 0 saturated heterocycles.